The molecule has 0 bridgehead atoms. The first-order valence-corrected chi connectivity index (χ1v) is 5.63. The number of carbonyl (C=O) groups is 1. The minimum Gasteiger partial charge on any atom is -0.359 e. The largest absolute Gasteiger partial charge is 0.359 e. The fourth-order valence-electron chi connectivity index (χ4n) is 2.14. The molecular formula is C11H23N3O. The van der Waals surface area contributed by atoms with Crippen molar-refractivity contribution >= 4 is 5.91 Å². The molecule has 1 amide bonds. The Kier molecular flexibility index (Phi) is 4.11. The van der Waals surface area contributed by atoms with E-state index >= 15 is 0 Å². The lowest BCUT2D eigenvalue weighted by Crippen LogP contribution is -2.42. The molecule has 0 aromatic carbocycles. The van der Waals surface area contributed by atoms with Crippen LogP contribution in [0.3, 0.4) is 0 Å². The minimum absolute atomic E-state index is 0.0788. The second-order valence-corrected chi connectivity index (χ2v) is 5.15. The van der Waals surface area contributed by atoms with Gasteiger partial charge < -0.3 is 11.1 Å². The molecule has 88 valence electrons. The van der Waals surface area contributed by atoms with Gasteiger partial charge in [-0.1, -0.05) is 13.8 Å². The fraction of sp³-hybridized carbons (Fsp3) is 0.909. The van der Waals surface area contributed by atoms with Gasteiger partial charge in [-0.05, 0) is 18.4 Å². The van der Waals surface area contributed by atoms with Crippen molar-refractivity contribution in [1.82, 2.24) is 10.2 Å². The van der Waals surface area contributed by atoms with E-state index in [4.69, 9.17) is 5.73 Å². The van der Waals surface area contributed by atoms with Crippen molar-refractivity contribution in [3.8, 4) is 0 Å². The summed E-state index contributed by atoms with van der Waals surface area (Å²) in [7, 11) is 1.67. The lowest BCUT2D eigenvalue weighted by atomic mass is 9.93. The molecule has 0 aromatic rings. The Morgan fingerprint density at radius 1 is 1.60 bits per heavy atom. The van der Waals surface area contributed by atoms with Gasteiger partial charge in [0, 0.05) is 32.6 Å². The molecule has 0 aliphatic carbocycles. The Balaban J connectivity index is 2.49. The van der Waals surface area contributed by atoms with Gasteiger partial charge in [0.2, 0.25) is 5.91 Å². The molecule has 3 N–H and O–H groups in total. The topological polar surface area (TPSA) is 58.4 Å². The van der Waals surface area contributed by atoms with Crippen LogP contribution in [0.25, 0.3) is 0 Å². The third kappa shape index (κ3) is 3.47. The van der Waals surface area contributed by atoms with Gasteiger partial charge in [0.25, 0.3) is 0 Å². The molecular weight excluding hydrogens is 190 g/mol. The molecule has 1 aliphatic rings. The van der Waals surface area contributed by atoms with Crippen molar-refractivity contribution in [2.45, 2.75) is 32.7 Å². The molecule has 1 rings (SSSR count). The van der Waals surface area contributed by atoms with Gasteiger partial charge in [0.05, 0.1) is 0 Å². The first-order valence-electron chi connectivity index (χ1n) is 5.63. The predicted octanol–water partition coefficient (Wildman–Crippen LogP) is 0.182. The lowest BCUT2D eigenvalue weighted by molar-refractivity contribution is -0.121. The minimum atomic E-state index is 0.0788. The maximum Gasteiger partial charge on any atom is 0.221 e. The molecule has 15 heavy (non-hydrogen) atoms. The summed E-state index contributed by atoms with van der Waals surface area (Å²) in [6.07, 6.45) is 1.71. The number of carbonyl (C=O) groups excluding carboxylic acids is 1. The van der Waals surface area contributed by atoms with Crippen LogP contribution in [0.1, 0.15) is 26.7 Å². The third-order valence-corrected chi connectivity index (χ3v) is 3.20. The van der Waals surface area contributed by atoms with Crippen LogP contribution >= 0.6 is 0 Å². The van der Waals surface area contributed by atoms with E-state index < -0.39 is 0 Å². The normalized spacial score (nSPS) is 22.7. The zero-order valence-corrected chi connectivity index (χ0v) is 10.0. The van der Waals surface area contributed by atoms with E-state index in [1.807, 2.05) is 0 Å². The standard InChI is InChI=1S/C11H23N3O/c1-11(2)4-5-14(8-11)9(7-12)6-10(15)13-3/h9H,4-8,12H2,1-3H3,(H,13,15). The zero-order chi connectivity index (χ0) is 11.5. The molecule has 4 nitrogen and oxygen atoms in total. The average Bonchev–Trinajstić information content (AvgIpc) is 2.54. The van der Waals surface area contributed by atoms with Gasteiger partial charge in [-0.2, -0.15) is 0 Å². The Bertz CT molecular complexity index is 228. The fourth-order valence-corrected chi connectivity index (χ4v) is 2.14. The number of hydrogen-bond acceptors (Lipinski definition) is 3. The van der Waals surface area contributed by atoms with E-state index in [2.05, 4.69) is 24.1 Å². The second-order valence-electron chi connectivity index (χ2n) is 5.15. The second kappa shape index (κ2) is 4.94. The van der Waals surface area contributed by atoms with Crippen LogP contribution in [0.4, 0.5) is 0 Å². The van der Waals surface area contributed by atoms with Gasteiger partial charge in [-0.3, -0.25) is 9.69 Å². The monoisotopic (exact) mass is 213 g/mol. The number of nitrogens with one attached hydrogen (secondary N) is 1. The van der Waals surface area contributed by atoms with Gasteiger partial charge in [-0.15, -0.1) is 0 Å². The Morgan fingerprint density at radius 3 is 2.67 bits per heavy atom. The first kappa shape index (κ1) is 12.5. The van der Waals surface area contributed by atoms with E-state index in [-0.39, 0.29) is 11.9 Å². The van der Waals surface area contributed by atoms with Crippen LogP contribution < -0.4 is 11.1 Å². The van der Waals surface area contributed by atoms with E-state index in [0.29, 0.717) is 18.4 Å². The molecule has 1 heterocycles. The Hall–Kier alpha value is -0.610. The first-order chi connectivity index (χ1) is 6.98. The number of rotatable bonds is 4. The van der Waals surface area contributed by atoms with E-state index in [0.717, 1.165) is 13.1 Å². The van der Waals surface area contributed by atoms with Crippen LogP contribution in [0.15, 0.2) is 0 Å². The molecule has 1 atom stereocenters. The summed E-state index contributed by atoms with van der Waals surface area (Å²) in [4.78, 5) is 13.6. The van der Waals surface area contributed by atoms with Crippen LogP contribution in [0, 0.1) is 5.41 Å². The Morgan fingerprint density at radius 2 is 2.27 bits per heavy atom. The average molecular weight is 213 g/mol. The summed E-state index contributed by atoms with van der Waals surface area (Å²) in [6, 6.07) is 0.201. The quantitative estimate of drug-likeness (QED) is 0.700. The lowest BCUT2D eigenvalue weighted by Gasteiger charge is -2.27. The van der Waals surface area contributed by atoms with Gasteiger partial charge in [0.15, 0.2) is 0 Å². The van der Waals surface area contributed by atoms with Gasteiger partial charge in [0.1, 0.15) is 0 Å². The van der Waals surface area contributed by atoms with E-state index in [9.17, 15) is 4.79 Å². The van der Waals surface area contributed by atoms with Crippen molar-refractivity contribution in [2.24, 2.45) is 11.1 Å². The molecule has 0 spiro atoms. The SMILES string of the molecule is CNC(=O)CC(CN)N1CCC(C)(C)C1. The highest BCUT2D eigenvalue weighted by Crippen LogP contribution is 2.30. The van der Waals surface area contributed by atoms with Crippen molar-refractivity contribution < 1.29 is 4.79 Å². The molecule has 1 aliphatic heterocycles. The van der Waals surface area contributed by atoms with Crippen molar-refractivity contribution in [3.05, 3.63) is 0 Å². The van der Waals surface area contributed by atoms with E-state index in [1.54, 1.807) is 7.05 Å². The van der Waals surface area contributed by atoms with Crippen LogP contribution in [0.5, 0.6) is 0 Å². The molecule has 1 unspecified atom stereocenters. The molecule has 0 radical (unpaired) electrons. The van der Waals surface area contributed by atoms with Crippen LogP contribution in [0.2, 0.25) is 0 Å². The number of nitrogens with zero attached hydrogens (tertiary/aromatic N) is 1. The Labute approximate surface area is 92.2 Å². The van der Waals surface area contributed by atoms with Crippen molar-refractivity contribution in [2.75, 3.05) is 26.7 Å². The van der Waals surface area contributed by atoms with Crippen LogP contribution in [-0.4, -0.2) is 43.5 Å². The summed E-state index contributed by atoms with van der Waals surface area (Å²) in [6.45, 7) is 7.20. The number of amides is 1. The van der Waals surface area contributed by atoms with E-state index in [1.165, 1.54) is 6.42 Å². The summed E-state index contributed by atoms with van der Waals surface area (Å²) in [5, 5.41) is 2.65. The highest BCUT2D eigenvalue weighted by Gasteiger charge is 2.33. The van der Waals surface area contributed by atoms with Crippen molar-refractivity contribution in [3.63, 3.8) is 0 Å². The molecule has 4 heteroatoms. The maximum absolute atomic E-state index is 11.3. The number of likely N-dealkylation sites (tertiary alicyclic amines) is 1. The highest BCUT2D eigenvalue weighted by molar-refractivity contribution is 5.76. The molecule has 0 aromatic heterocycles. The number of nitrogens with two attached hydrogens (primary N) is 1. The molecule has 1 saturated heterocycles. The number of hydrogen-bond donors (Lipinski definition) is 2. The van der Waals surface area contributed by atoms with Gasteiger partial charge >= 0.3 is 0 Å². The van der Waals surface area contributed by atoms with Crippen LogP contribution in [-0.2, 0) is 4.79 Å². The smallest absolute Gasteiger partial charge is 0.221 e. The van der Waals surface area contributed by atoms with Gasteiger partial charge in [-0.25, -0.2) is 0 Å². The molecule has 0 saturated carbocycles. The predicted molar refractivity (Wildman–Crippen MR) is 61.5 cm³/mol. The highest BCUT2D eigenvalue weighted by atomic mass is 16.1. The summed E-state index contributed by atoms with van der Waals surface area (Å²) in [5.74, 6) is 0.0788. The summed E-state index contributed by atoms with van der Waals surface area (Å²) >= 11 is 0. The van der Waals surface area contributed by atoms with Crippen molar-refractivity contribution in [1.29, 1.82) is 0 Å². The third-order valence-electron chi connectivity index (χ3n) is 3.20. The maximum atomic E-state index is 11.3. The zero-order valence-electron chi connectivity index (χ0n) is 10.0. The summed E-state index contributed by atoms with van der Waals surface area (Å²) in [5.41, 5.74) is 6.09. The molecule has 1 fully saturated rings. The summed E-state index contributed by atoms with van der Waals surface area (Å²) < 4.78 is 0.